The van der Waals surface area contributed by atoms with Crippen LogP contribution in [0.15, 0.2) is 0 Å². The molecule has 8 heavy (non-hydrogen) atoms. The zero-order chi connectivity index (χ0) is 5.15. The molecule has 0 aliphatic rings. The van der Waals surface area contributed by atoms with Gasteiger partial charge in [0.1, 0.15) is 0 Å². The molecule has 0 saturated carbocycles. The summed E-state index contributed by atoms with van der Waals surface area (Å²) < 4.78 is 0. The molecule has 0 aromatic heterocycles. The molecule has 0 heterocycles. The van der Waals surface area contributed by atoms with Crippen LogP contribution in [0.3, 0.4) is 0 Å². The van der Waals surface area contributed by atoms with Crippen LogP contribution in [0.1, 0.15) is 0 Å². The van der Waals surface area contributed by atoms with Gasteiger partial charge in [0, 0.05) is 0 Å². The van der Waals surface area contributed by atoms with Gasteiger partial charge in [-0.3, -0.25) is 0 Å². The van der Waals surface area contributed by atoms with Gasteiger partial charge in [0.05, 0.1) is 0 Å². The number of carboxylic acid groups (broad SMARTS) is 2. The quantitative estimate of drug-likeness (QED) is 0.308. The zero-order valence-corrected chi connectivity index (χ0v) is 2.71. The average Bonchev–Trinajstić information content (AvgIpc) is 1.36. The van der Waals surface area contributed by atoms with Crippen LogP contribution < -0.4 is 0 Å². The second-order valence-electron chi connectivity index (χ2n) is 0.610. The van der Waals surface area contributed by atoms with E-state index in [0.29, 0.717) is 0 Å². The summed E-state index contributed by atoms with van der Waals surface area (Å²) in [4.78, 5) is 18.2. The van der Waals surface area contributed by atoms with Crippen LogP contribution >= 0.6 is 0 Å². The van der Waals surface area contributed by atoms with Gasteiger partial charge in [-0.15, -0.1) is 0 Å². The second kappa shape index (κ2) is 8.58. The van der Waals surface area contributed by atoms with E-state index in [-0.39, 0.29) is 80.9 Å². The van der Waals surface area contributed by atoms with Gasteiger partial charge in [-0.2, -0.15) is 0 Å². The Kier molecular flexibility index (Phi) is 17.5. The first kappa shape index (κ1) is 16.3. The Balaban J connectivity index is -0.000000125. The van der Waals surface area contributed by atoms with Gasteiger partial charge in [0.15, 0.2) is 0 Å². The number of carbonyl (C=O) groups is 2. The molecule has 0 aliphatic carbocycles. The summed E-state index contributed by atoms with van der Waals surface area (Å²) in [6, 6.07) is 0. The molecule has 4 nitrogen and oxygen atoms in total. The van der Waals surface area contributed by atoms with E-state index in [0.717, 1.165) is 0 Å². The van der Waals surface area contributed by atoms with Crippen molar-refractivity contribution in [2.24, 2.45) is 0 Å². The summed E-state index contributed by atoms with van der Waals surface area (Å²) in [6.45, 7) is 0. The fourth-order valence-electron chi connectivity index (χ4n) is 0. The van der Waals surface area contributed by atoms with Gasteiger partial charge in [-0.1, -0.05) is 0 Å². The Morgan fingerprint density at radius 1 is 1.00 bits per heavy atom. The topological polar surface area (TPSA) is 74.6 Å². The molecule has 0 radical (unpaired) electrons. The van der Waals surface area contributed by atoms with Crippen molar-refractivity contribution in [3.05, 3.63) is 0 Å². The average molecular weight is 154 g/mol. The van der Waals surface area contributed by atoms with E-state index in [2.05, 4.69) is 0 Å². The van der Waals surface area contributed by atoms with Gasteiger partial charge >= 0.3 is 92.9 Å². The van der Waals surface area contributed by atoms with Gasteiger partial charge in [0.25, 0.3) is 0 Å². The molecule has 0 aromatic rings. The Bertz CT molecular complexity index is 80.0. The Hall–Kier alpha value is 1.58. The Morgan fingerprint density at radius 2 is 1.12 bits per heavy atom. The van der Waals surface area contributed by atoms with Crippen molar-refractivity contribution >= 4 is 92.9 Å². The van der Waals surface area contributed by atoms with Crippen molar-refractivity contribution in [1.82, 2.24) is 0 Å². The van der Waals surface area contributed by atoms with Crippen LogP contribution in [-0.4, -0.2) is 103 Å². The third-order valence-corrected chi connectivity index (χ3v) is 0.183. The van der Waals surface area contributed by atoms with E-state index >= 15 is 0 Å². The molecule has 6 heteroatoms. The van der Waals surface area contributed by atoms with E-state index in [1.165, 1.54) is 0 Å². The zero-order valence-electron chi connectivity index (χ0n) is 2.71. The van der Waals surface area contributed by atoms with E-state index in [9.17, 15) is 0 Å². The molecule has 0 bridgehead atoms. The molecular formula is C2H4KNaO4. The van der Waals surface area contributed by atoms with Crippen LogP contribution in [-0.2, 0) is 9.59 Å². The summed E-state index contributed by atoms with van der Waals surface area (Å²) >= 11 is 0. The van der Waals surface area contributed by atoms with Crippen LogP contribution in [0, 0.1) is 0 Å². The Labute approximate surface area is 110 Å². The second-order valence-corrected chi connectivity index (χ2v) is 0.610. The summed E-state index contributed by atoms with van der Waals surface area (Å²) in [5, 5.41) is 14.8. The molecule has 2 N–H and O–H groups in total. The minimum absolute atomic E-state index is 0. The molecule has 0 saturated heterocycles. The maximum absolute atomic E-state index is 9.10. The van der Waals surface area contributed by atoms with Crippen molar-refractivity contribution in [3.63, 3.8) is 0 Å². The van der Waals surface area contributed by atoms with E-state index < -0.39 is 11.9 Å². The summed E-state index contributed by atoms with van der Waals surface area (Å²) in [6.07, 6.45) is 0. The first-order valence-electron chi connectivity index (χ1n) is 1.11. The normalized spacial score (nSPS) is 5.50. The SMILES string of the molecule is O=C(O)C(=O)O.[KH].[NaH]. The van der Waals surface area contributed by atoms with Crippen molar-refractivity contribution in [2.75, 3.05) is 0 Å². The molecule has 0 aliphatic heterocycles. The van der Waals surface area contributed by atoms with Gasteiger partial charge in [-0.25, -0.2) is 9.59 Å². The standard InChI is InChI=1S/C2H2O4.K.Na.2H/c3-1(4)2(5)6;;;;/h(H,3,4)(H,5,6);;;;. The third kappa shape index (κ3) is 10.5. The predicted octanol–water partition coefficient (Wildman–Crippen LogP) is -2.14. The van der Waals surface area contributed by atoms with Crippen LogP contribution in [0.5, 0.6) is 0 Å². The first-order valence-corrected chi connectivity index (χ1v) is 1.11. The molecule has 38 valence electrons. The van der Waals surface area contributed by atoms with Crippen molar-refractivity contribution in [3.8, 4) is 0 Å². The molecule has 0 spiro atoms. The monoisotopic (exact) mass is 154 g/mol. The van der Waals surface area contributed by atoms with Crippen LogP contribution in [0.2, 0.25) is 0 Å². The molecule has 0 aromatic carbocycles. The van der Waals surface area contributed by atoms with Crippen molar-refractivity contribution in [2.45, 2.75) is 0 Å². The van der Waals surface area contributed by atoms with Gasteiger partial charge in [0.2, 0.25) is 0 Å². The summed E-state index contributed by atoms with van der Waals surface area (Å²) in [5.41, 5.74) is 0. The van der Waals surface area contributed by atoms with E-state index in [1.807, 2.05) is 0 Å². The number of rotatable bonds is 0. The van der Waals surface area contributed by atoms with Crippen molar-refractivity contribution < 1.29 is 19.8 Å². The van der Waals surface area contributed by atoms with Crippen LogP contribution in [0.4, 0.5) is 0 Å². The predicted molar refractivity (Wildman–Crippen MR) is 29.6 cm³/mol. The maximum atomic E-state index is 9.10. The molecule has 0 unspecified atom stereocenters. The van der Waals surface area contributed by atoms with Crippen LogP contribution in [0.25, 0.3) is 0 Å². The third-order valence-electron chi connectivity index (χ3n) is 0.183. The van der Waals surface area contributed by atoms with E-state index in [1.54, 1.807) is 0 Å². The fourth-order valence-corrected chi connectivity index (χ4v) is 0. The molecular weight excluding hydrogens is 150 g/mol. The van der Waals surface area contributed by atoms with Crippen molar-refractivity contribution in [1.29, 1.82) is 0 Å². The molecule has 0 amide bonds. The van der Waals surface area contributed by atoms with E-state index in [4.69, 9.17) is 19.8 Å². The van der Waals surface area contributed by atoms with Gasteiger partial charge in [-0.05, 0) is 0 Å². The fraction of sp³-hybridized carbons (Fsp3) is 0. The summed E-state index contributed by atoms with van der Waals surface area (Å²) in [5.74, 6) is -3.65. The number of aliphatic carboxylic acids is 2. The molecule has 0 rings (SSSR count). The first-order chi connectivity index (χ1) is 2.64. The van der Waals surface area contributed by atoms with Gasteiger partial charge < -0.3 is 10.2 Å². The minimum atomic E-state index is -1.82. The molecule has 0 atom stereocenters. The summed E-state index contributed by atoms with van der Waals surface area (Å²) in [7, 11) is 0. The number of carboxylic acids is 2. The molecule has 0 fully saturated rings. The Morgan fingerprint density at radius 3 is 1.12 bits per heavy atom. The number of hydrogen-bond acceptors (Lipinski definition) is 2. The number of hydrogen-bond donors (Lipinski definition) is 2.